The van der Waals surface area contributed by atoms with E-state index in [1.165, 1.54) is 0 Å². The molecule has 4 heteroatoms. The first-order chi connectivity index (χ1) is 8.87. The van der Waals surface area contributed by atoms with E-state index in [2.05, 4.69) is 13.8 Å². The number of halogens is 1. The first-order valence-corrected chi connectivity index (χ1v) is 7.11. The Kier molecular flexibility index (Phi) is 4.39. The molecule has 19 heavy (non-hydrogen) atoms. The van der Waals surface area contributed by atoms with E-state index in [0.717, 1.165) is 18.4 Å². The van der Waals surface area contributed by atoms with Crippen LogP contribution in [0.3, 0.4) is 0 Å². The third-order valence-electron chi connectivity index (χ3n) is 3.46. The van der Waals surface area contributed by atoms with Crippen LogP contribution in [-0.2, 0) is 4.74 Å². The lowest BCUT2D eigenvalue weighted by molar-refractivity contribution is -0.0326. The minimum absolute atomic E-state index is 0.0227. The van der Waals surface area contributed by atoms with Gasteiger partial charge < -0.3 is 15.2 Å². The molecule has 1 aliphatic rings. The molecular formula is C15H22ClNO2. The summed E-state index contributed by atoms with van der Waals surface area (Å²) >= 11 is 6.19. The molecule has 1 unspecified atom stereocenters. The Hall–Kier alpha value is -0.770. The second-order valence-electron chi connectivity index (χ2n) is 5.83. The average Bonchev–Trinajstić information content (AvgIpc) is 2.67. The van der Waals surface area contributed by atoms with Gasteiger partial charge in [0, 0.05) is 6.04 Å². The van der Waals surface area contributed by atoms with Crippen LogP contribution in [0, 0.1) is 0 Å². The van der Waals surface area contributed by atoms with Crippen molar-refractivity contribution in [2.45, 2.75) is 51.4 Å². The van der Waals surface area contributed by atoms with Crippen LogP contribution >= 0.6 is 11.6 Å². The summed E-state index contributed by atoms with van der Waals surface area (Å²) in [5.41, 5.74) is 6.80. The van der Waals surface area contributed by atoms with E-state index in [1.54, 1.807) is 0 Å². The summed E-state index contributed by atoms with van der Waals surface area (Å²) in [5.74, 6) is 0.694. The zero-order valence-electron chi connectivity index (χ0n) is 11.8. The molecule has 0 spiro atoms. The fraction of sp³-hybridized carbons (Fsp3) is 0.600. The molecule has 0 aromatic heterocycles. The summed E-state index contributed by atoms with van der Waals surface area (Å²) in [6.07, 6.45) is 2.25. The van der Waals surface area contributed by atoms with Gasteiger partial charge in [-0.15, -0.1) is 0 Å². The predicted octanol–water partition coefficient (Wildman–Crippen LogP) is 3.70. The number of nitrogens with two attached hydrogens (primary N) is 1. The van der Waals surface area contributed by atoms with Crippen LogP contribution < -0.4 is 10.5 Å². The van der Waals surface area contributed by atoms with Crippen molar-refractivity contribution in [3.8, 4) is 5.75 Å². The van der Waals surface area contributed by atoms with Crippen molar-refractivity contribution in [3.63, 3.8) is 0 Å². The fourth-order valence-corrected chi connectivity index (χ4v) is 2.54. The SMILES string of the molecule is C[C@@H](N)c1ccc(OCC2CCC(C)(C)O2)c(Cl)c1. The Morgan fingerprint density at radius 2 is 2.26 bits per heavy atom. The molecule has 1 fully saturated rings. The maximum absolute atomic E-state index is 6.19. The summed E-state index contributed by atoms with van der Waals surface area (Å²) in [6, 6.07) is 5.67. The van der Waals surface area contributed by atoms with Gasteiger partial charge in [0.1, 0.15) is 12.4 Å². The Bertz CT molecular complexity index is 446. The standard InChI is InChI=1S/C15H22ClNO2/c1-10(17)11-4-5-14(13(16)8-11)18-9-12-6-7-15(2,3)19-12/h4-5,8,10,12H,6-7,9,17H2,1-3H3/t10-,12?/m1/s1. The first kappa shape index (κ1) is 14.6. The Morgan fingerprint density at radius 3 is 2.79 bits per heavy atom. The minimum atomic E-state index is -0.0311. The summed E-state index contributed by atoms with van der Waals surface area (Å²) in [5, 5.41) is 0.604. The summed E-state index contributed by atoms with van der Waals surface area (Å²) in [6.45, 7) is 6.69. The number of rotatable bonds is 4. The molecule has 2 N–H and O–H groups in total. The molecule has 0 amide bonds. The first-order valence-electron chi connectivity index (χ1n) is 6.73. The third-order valence-corrected chi connectivity index (χ3v) is 3.76. The Balaban J connectivity index is 1.93. The molecule has 0 aliphatic carbocycles. The van der Waals surface area contributed by atoms with Gasteiger partial charge in [-0.05, 0) is 51.3 Å². The molecule has 2 rings (SSSR count). The van der Waals surface area contributed by atoms with Gasteiger partial charge >= 0.3 is 0 Å². The van der Waals surface area contributed by atoms with Crippen LogP contribution in [0.15, 0.2) is 18.2 Å². The summed E-state index contributed by atoms with van der Waals surface area (Å²) < 4.78 is 11.6. The van der Waals surface area contributed by atoms with Gasteiger partial charge in [-0.2, -0.15) is 0 Å². The van der Waals surface area contributed by atoms with Crippen molar-refractivity contribution < 1.29 is 9.47 Å². The van der Waals surface area contributed by atoms with Crippen molar-refractivity contribution in [3.05, 3.63) is 28.8 Å². The highest BCUT2D eigenvalue weighted by Crippen LogP contribution is 2.31. The zero-order chi connectivity index (χ0) is 14.0. The van der Waals surface area contributed by atoms with E-state index in [1.807, 2.05) is 25.1 Å². The molecule has 1 saturated heterocycles. The molecule has 2 atom stereocenters. The zero-order valence-corrected chi connectivity index (χ0v) is 12.5. The van der Waals surface area contributed by atoms with Crippen molar-refractivity contribution in [2.24, 2.45) is 5.73 Å². The molecule has 1 aliphatic heterocycles. The Morgan fingerprint density at radius 1 is 1.53 bits per heavy atom. The van der Waals surface area contributed by atoms with E-state index in [9.17, 15) is 0 Å². The lowest BCUT2D eigenvalue weighted by atomic mass is 10.1. The van der Waals surface area contributed by atoms with E-state index in [-0.39, 0.29) is 17.7 Å². The fourth-order valence-electron chi connectivity index (χ4n) is 2.30. The topological polar surface area (TPSA) is 44.5 Å². The molecule has 1 aromatic carbocycles. The van der Waals surface area contributed by atoms with Crippen LogP contribution in [0.2, 0.25) is 5.02 Å². The average molecular weight is 284 g/mol. The number of ether oxygens (including phenoxy) is 2. The maximum atomic E-state index is 6.19. The van der Waals surface area contributed by atoms with Crippen LogP contribution in [0.1, 0.15) is 45.2 Å². The quantitative estimate of drug-likeness (QED) is 0.916. The van der Waals surface area contributed by atoms with E-state index in [4.69, 9.17) is 26.8 Å². The predicted molar refractivity (Wildman–Crippen MR) is 77.7 cm³/mol. The second kappa shape index (κ2) is 5.70. The Labute approximate surface area is 120 Å². The van der Waals surface area contributed by atoms with Crippen LogP contribution in [0.25, 0.3) is 0 Å². The largest absolute Gasteiger partial charge is 0.489 e. The van der Waals surface area contributed by atoms with Crippen molar-refractivity contribution in [1.29, 1.82) is 0 Å². The number of hydrogen-bond acceptors (Lipinski definition) is 3. The summed E-state index contributed by atoms with van der Waals surface area (Å²) in [4.78, 5) is 0. The molecule has 0 bridgehead atoms. The highest BCUT2D eigenvalue weighted by Gasteiger charge is 2.31. The van der Waals surface area contributed by atoms with Gasteiger partial charge in [-0.25, -0.2) is 0 Å². The van der Waals surface area contributed by atoms with Gasteiger partial charge in [-0.3, -0.25) is 0 Å². The van der Waals surface area contributed by atoms with E-state index in [0.29, 0.717) is 17.4 Å². The smallest absolute Gasteiger partial charge is 0.138 e. The molecule has 3 nitrogen and oxygen atoms in total. The number of benzene rings is 1. The maximum Gasteiger partial charge on any atom is 0.138 e. The molecule has 1 aromatic rings. The molecule has 1 heterocycles. The normalized spacial score (nSPS) is 23.3. The van der Waals surface area contributed by atoms with Gasteiger partial charge in [-0.1, -0.05) is 17.7 Å². The van der Waals surface area contributed by atoms with Crippen molar-refractivity contribution >= 4 is 11.6 Å². The van der Waals surface area contributed by atoms with Crippen molar-refractivity contribution in [1.82, 2.24) is 0 Å². The molecule has 0 saturated carbocycles. The molecule has 0 radical (unpaired) electrons. The monoisotopic (exact) mass is 283 g/mol. The molecular weight excluding hydrogens is 262 g/mol. The molecule has 106 valence electrons. The highest BCUT2D eigenvalue weighted by atomic mass is 35.5. The van der Waals surface area contributed by atoms with Gasteiger partial charge in [0.05, 0.1) is 16.7 Å². The van der Waals surface area contributed by atoms with Gasteiger partial charge in [0.15, 0.2) is 0 Å². The lowest BCUT2D eigenvalue weighted by Crippen LogP contribution is -2.23. The van der Waals surface area contributed by atoms with Crippen LogP contribution in [0.5, 0.6) is 5.75 Å². The van der Waals surface area contributed by atoms with Gasteiger partial charge in [0.25, 0.3) is 0 Å². The highest BCUT2D eigenvalue weighted by molar-refractivity contribution is 6.32. The van der Waals surface area contributed by atoms with Crippen LogP contribution in [0.4, 0.5) is 0 Å². The minimum Gasteiger partial charge on any atom is -0.489 e. The van der Waals surface area contributed by atoms with E-state index >= 15 is 0 Å². The van der Waals surface area contributed by atoms with Crippen molar-refractivity contribution in [2.75, 3.05) is 6.61 Å². The second-order valence-corrected chi connectivity index (χ2v) is 6.23. The van der Waals surface area contributed by atoms with Crippen LogP contribution in [-0.4, -0.2) is 18.3 Å². The third kappa shape index (κ3) is 3.85. The lowest BCUT2D eigenvalue weighted by Gasteiger charge is -2.19. The van der Waals surface area contributed by atoms with E-state index < -0.39 is 0 Å². The number of hydrogen-bond donors (Lipinski definition) is 1. The summed E-state index contributed by atoms with van der Waals surface area (Å²) in [7, 11) is 0. The van der Waals surface area contributed by atoms with Gasteiger partial charge in [0.2, 0.25) is 0 Å².